The second-order valence-electron chi connectivity index (χ2n) is 7.82. The molecule has 2 N–H and O–H groups in total. The number of carbonyl (C=O) groups is 2. The van der Waals surface area contributed by atoms with E-state index in [1.165, 1.54) is 26.0 Å². The molecule has 0 radical (unpaired) electrons. The van der Waals surface area contributed by atoms with Gasteiger partial charge in [0, 0.05) is 49.1 Å². The summed E-state index contributed by atoms with van der Waals surface area (Å²) in [6.07, 6.45) is 0.597. The van der Waals surface area contributed by atoms with Gasteiger partial charge in [-0.25, -0.2) is 0 Å². The summed E-state index contributed by atoms with van der Waals surface area (Å²) in [5, 5.41) is 14.2. The Hall–Kier alpha value is -3.36. The number of phenolic OH excluding ortho intramolecular Hbond substituents is 1. The number of fused-ring (bicyclic) bond motifs is 1. The average molecular weight is 472 g/mol. The Morgan fingerprint density at radius 1 is 1.21 bits per heavy atom. The second kappa shape index (κ2) is 9.25. The Morgan fingerprint density at radius 3 is 2.67 bits per heavy atom. The fourth-order valence-electron chi connectivity index (χ4n) is 4.19. The molecule has 2 aromatic carbocycles. The van der Waals surface area contributed by atoms with E-state index in [0.29, 0.717) is 29.1 Å². The molecule has 0 spiro atoms. The van der Waals surface area contributed by atoms with Crippen LogP contribution in [-0.2, 0) is 14.3 Å². The molecule has 33 heavy (non-hydrogen) atoms. The van der Waals surface area contributed by atoms with Gasteiger partial charge in [-0.15, -0.1) is 0 Å². The molecule has 1 aliphatic heterocycles. The summed E-state index contributed by atoms with van der Waals surface area (Å²) < 4.78 is 16.8. The van der Waals surface area contributed by atoms with Crippen molar-refractivity contribution >= 4 is 34.5 Å². The molecule has 0 bridgehead atoms. The molecular formula is C24H22ClNO7. The lowest BCUT2D eigenvalue weighted by atomic mass is 9.89. The first-order valence-electron chi connectivity index (χ1n) is 10.4. The van der Waals surface area contributed by atoms with Crippen molar-refractivity contribution in [2.24, 2.45) is 0 Å². The minimum atomic E-state index is -0.595. The van der Waals surface area contributed by atoms with Gasteiger partial charge in [0.2, 0.25) is 0 Å². The summed E-state index contributed by atoms with van der Waals surface area (Å²) in [6, 6.07) is 9.09. The largest absolute Gasteiger partial charge is 0.507 e. The van der Waals surface area contributed by atoms with Crippen LogP contribution in [0, 0.1) is 0 Å². The Balaban J connectivity index is 1.98. The molecular weight excluding hydrogens is 450 g/mol. The Labute approximate surface area is 194 Å². The molecule has 1 aromatic heterocycles. The van der Waals surface area contributed by atoms with Crippen molar-refractivity contribution in [2.45, 2.75) is 32.2 Å². The number of carbonyl (C=O) groups excluding carboxylic acids is 2. The highest BCUT2D eigenvalue weighted by Crippen LogP contribution is 2.43. The topological polar surface area (TPSA) is 115 Å². The van der Waals surface area contributed by atoms with Gasteiger partial charge in [-0.2, -0.15) is 0 Å². The zero-order valence-electron chi connectivity index (χ0n) is 18.0. The van der Waals surface area contributed by atoms with Crippen molar-refractivity contribution < 1.29 is 28.6 Å². The maximum absolute atomic E-state index is 13.0. The number of rotatable bonds is 5. The summed E-state index contributed by atoms with van der Waals surface area (Å²) in [5.74, 6) is -1.43. The van der Waals surface area contributed by atoms with Crippen molar-refractivity contribution in [1.82, 2.24) is 5.32 Å². The molecule has 0 aliphatic carbocycles. The summed E-state index contributed by atoms with van der Waals surface area (Å²) in [7, 11) is 0. The molecule has 0 amide bonds. The van der Waals surface area contributed by atoms with Crippen LogP contribution in [0.1, 0.15) is 31.7 Å². The smallest absolute Gasteiger partial charge is 0.308 e. The van der Waals surface area contributed by atoms with E-state index in [2.05, 4.69) is 5.32 Å². The quantitative estimate of drug-likeness (QED) is 0.427. The highest BCUT2D eigenvalue weighted by Gasteiger charge is 2.35. The van der Waals surface area contributed by atoms with Gasteiger partial charge in [0.1, 0.15) is 34.8 Å². The lowest BCUT2D eigenvalue weighted by Crippen LogP contribution is -2.32. The molecule has 2 atom stereocenters. The zero-order chi connectivity index (χ0) is 23.7. The molecule has 0 unspecified atom stereocenters. The summed E-state index contributed by atoms with van der Waals surface area (Å²) in [6.45, 7) is 3.24. The third kappa shape index (κ3) is 4.58. The van der Waals surface area contributed by atoms with Gasteiger partial charge in [-0.1, -0.05) is 23.7 Å². The average Bonchev–Trinajstić information content (AvgIpc) is 3.19. The SMILES string of the molecule is CC(=O)OC[C@@H]1NCC[C@H]1c1c(OC(C)=O)cc(O)c2c(=O)cc(-c3ccccc3Cl)oc12. The number of ether oxygens (including phenoxy) is 2. The van der Waals surface area contributed by atoms with Crippen molar-refractivity contribution in [3.63, 3.8) is 0 Å². The van der Waals surface area contributed by atoms with Gasteiger partial charge in [0.15, 0.2) is 5.43 Å². The van der Waals surface area contributed by atoms with Gasteiger partial charge in [-0.05, 0) is 25.1 Å². The molecule has 3 aromatic rings. The maximum Gasteiger partial charge on any atom is 0.308 e. The number of aromatic hydroxyl groups is 1. The van der Waals surface area contributed by atoms with Crippen LogP contribution < -0.4 is 15.5 Å². The van der Waals surface area contributed by atoms with Crippen LogP contribution in [0.4, 0.5) is 0 Å². The van der Waals surface area contributed by atoms with E-state index in [9.17, 15) is 19.5 Å². The van der Waals surface area contributed by atoms with Crippen LogP contribution in [0.2, 0.25) is 5.02 Å². The molecule has 4 rings (SSSR count). The van der Waals surface area contributed by atoms with Crippen LogP contribution in [0.3, 0.4) is 0 Å². The fourth-order valence-corrected chi connectivity index (χ4v) is 4.42. The number of nitrogens with one attached hydrogen (secondary N) is 1. The lowest BCUT2D eigenvalue weighted by Gasteiger charge is -2.23. The van der Waals surface area contributed by atoms with E-state index in [1.54, 1.807) is 24.3 Å². The first kappa shape index (κ1) is 22.8. The third-order valence-electron chi connectivity index (χ3n) is 5.56. The van der Waals surface area contributed by atoms with Gasteiger partial charge in [0.05, 0.1) is 5.02 Å². The van der Waals surface area contributed by atoms with Gasteiger partial charge in [-0.3, -0.25) is 14.4 Å². The highest BCUT2D eigenvalue weighted by atomic mass is 35.5. The van der Waals surface area contributed by atoms with Crippen molar-refractivity contribution in [1.29, 1.82) is 0 Å². The van der Waals surface area contributed by atoms with Crippen LogP contribution in [0.25, 0.3) is 22.3 Å². The molecule has 172 valence electrons. The molecule has 8 nitrogen and oxygen atoms in total. The normalized spacial score (nSPS) is 17.8. The van der Waals surface area contributed by atoms with E-state index < -0.39 is 17.4 Å². The van der Waals surface area contributed by atoms with E-state index in [0.717, 1.165) is 0 Å². The van der Waals surface area contributed by atoms with Gasteiger partial charge in [0.25, 0.3) is 0 Å². The molecule has 2 heterocycles. The van der Waals surface area contributed by atoms with Crippen LogP contribution in [-0.4, -0.2) is 36.2 Å². The monoisotopic (exact) mass is 471 g/mol. The summed E-state index contributed by atoms with van der Waals surface area (Å²) in [4.78, 5) is 36.2. The number of esters is 2. The summed E-state index contributed by atoms with van der Waals surface area (Å²) in [5.41, 5.74) is 0.561. The molecule has 1 saturated heterocycles. The van der Waals surface area contributed by atoms with Crippen LogP contribution >= 0.6 is 11.6 Å². The van der Waals surface area contributed by atoms with E-state index in [1.807, 2.05) is 0 Å². The summed E-state index contributed by atoms with van der Waals surface area (Å²) >= 11 is 6.32. The molecule has 9 heteroatoms. The standard InChI is InChI=1S/C24H22ClNO7/c1-12(27)31-11-17-15(7-8-26-17)22-21(32-13(2)28)10-19(30)23-18(29)9-20(33-24(22)23)14-5-3-4-6-16(14)25/h3-6,9-10,15,17,26,30H,7-8,11H2,1-2H3/t15-,17+/m1/s1. The van der Waals surface area contributed by atoms with Gasteiger partial charge < -0.3 is 24.3 Å². The van der Waals surface area contributed by atoms with Crippen molar-refractivity contribution in [3.05, 3.63) is 57.2 Å². The second-order valence-corrected chi connectivity index (χ2v) is 8.23. The number of hydrogen-bond donors (Lipinski definition) is 2. The predicted octanol–water partition coefficient (Wildman–Crippen LogP) is 3.75. The Morgan fingerprint density at radius 2 is 1.97 bits per heavy atom. The van der Waals surface area contributed by atoms with E-state index >= 15 is 0 Å². The Kier molecular flexibility index (Phi) is 6.40. The third-order valence-corrected chi connectivity index (χ3v) is 5.89. The first-order chi connectivity index (χ1) is 15.8. The minimum absolute atomic E-state index is 0.0326. The van der Waals surface area contributed by atoms with E-state index in [4.69, 9.17) is 25.5 Å². The van der Waals surface area contributed by atoms with Gasteiger partial charge >= 0.3 is 11.9 Å². The van der Waals surface area contributed by atoms with E-state index in [-0.39, 0.29) is 46.8 Å². The number of benzene rings is 2. The predicted molar refractivity (Wildman–Crippen MR) is 122 cm³/mol. The molecule has 1 aliphatic rings. The highest BCUT2D eigenvalue weighted by molar-refractivity contribution is 6.33. The number of hydrogen-bond acceptors (Lipinski definition) is 8. The number of halogens is 1. The van der Waals surface area contributed by atoms with Crippen LogP contribution in [0.15, 0.2) is 45.6 Å². The molecule has 1 fully saturated rings. The van der Waals surface area contributed by atoms with Crippen LogP contribution in [0.5, 0.6) is 11.5 Å². The first-order valence-corrected chi connectivity index (χ1v) is 10.8. The lowest BCUT2D eigenvalue weighted by molar-refractivity contribution is -0.141. The molecule has 0 saturated carbocycles. The maximum atomic E-state index is 13.0. The Bertz CT molecular complexity index is 1300. The zero-order valence-corrected chi connectivity index (χ0v) is 18.8. The van der Waals surface area contributed by atoms with Crippen molar-refractivity contribution in [3.8, 4) is 22.8 Å². The fraction of sp³-hybridized carbons (Fsp3) is 0.292. The van der Waals surface area contributed by atoms with Crippen molar-refractivity contribution in [2.75, 3.05) is 13.2 Å². The minimum Gasteiger partial charge on any atom is -0.507 e. The number of phenols is 1.